The number of amides is 4. The number of benzene rings is 1. The van der Waals surface area contributed by atoms with Gasteiger partial charge in [-0.2, -0.15) is 0 Å². The van der Waals surface area contributed by atoms with Gasteiger partial charge in [-0.15, -0.1) is 0 Å². The van der Waals surface area contributed by atoms with Gasteiger partial charge in [-0.05, 0) is 56.3 Å². The van der Waals surface area contributed by atoms with Crippen LogP contribution >= 0.6 is 0 Å². The summed E-state index contributed by atoms with van der Waals surface area (Å²) in [5, 5.41) is 3.45. The quantitative estimate of drug-likeness (QED) is 0.602. The highest BCUT2D eigenvalue weighted by Crippen LogP contribution is 2.24. The number of carbonyl (C=O) groups is 3. The number of halogens is 1. The molecule has 3 atom stereocenters. The van der Waals surface area contributed by atoms with E-state index >= 15 is 0 Å². The highest BCUT2D eigenvalue weighted by Gasteiger charge is 2.40. The van der Waals surface area contributed by atoms with Crippen molar-refractivity contribution in [2.75, 3.05) is 45.8 Å². The van der Waals surface area contributed by atoms with Gasteiger partial charge in [-0.3, -0.25) is 15.0 Å². The molecule has 4 heterocycles. The summed E-state index contributed by atoms with van der Waals surface area (Å²) < 4.78 is 14.7. The maximum atomic E-state index is 14.7. The lowest BCUT2D eigenvalue weighted by Crippen LogP contribution is -2.67. The van der Waals surface area contributed by atoms with Crippen molar-refractivity contribution in [3.63, 3.8) is 0 Å². The van der Waals surface area contributed by atoms with E-state index in [0.717, 1.165) is 50.9 Å². The minimum Gasteiger partial charge on any atom is -0.335 e. The molecule has 4 saturated heterocycles. The molecule has 1 aromatic rings. The lowest BCUT2D eigenvalue weighted by Gasteiger charge is -2.41. The average Bonchev–Trinajstić information content (AvgIpc) is 3.41. The van der Waals surface area contributed by atoms with Gasteiger partial charge in [0, 0.05) is 51.4 Å². The van der Waals surface area contributed by atoms with Crippen LogP contribution in [0.25, 0.3) is 0 Å². The zero-order chi connectivity index (χ0) is 23.7. The van der Waals surface area contributed by atoms with Crippen LogP contribution in [0.5, 0.6) is 0 Å². The predicted molar refractivity (Wildman–Crippen MR) is 123 cm³/mol. The van der Waals surface area contributed by atoms with Crippen molar-refractivity contribution in [1.82, 2.24) is 30.9 Å². The van der Waals surface area contributed by atoms with Crippen LogP contribution in [0.2, 0.25) is 0 Å². The predicted octanol–water partition coefficient (Wildman–Crippen LogP) is 0.713. The molecule has 4 fully saturated rings. The number of nitrogens with zero attached hydrogens (tertiary/aromatic N) is 3. The Kier molecular flexibility index (Phi) is 6.69. The average molecular weight is 473 g/mol. The molecule has 4 amide bonds. The first-order valence-corrected chi connectivity index (χ1v) is 12.4. The van der Waals surface area contributed by atoms with Crippen LogP contribution in [0.15, 0.2) is 18.2 Å². The molecular formula is C24H33FN6O3. The van der Waals surface area contributed by atoms with Crippen molar-refractivity contribution >= 4 is 17.8 Å². The summed E-state index contributed by atoms with van der Waals surface area (Å²) in [5.74, 6) is -0.957. The van der Waals surface area contributed by atoms with Crippen LogP contribution in [0, 0.1) is 11.7 Å². The molecule has 0 aromatic heterocycles. The van der Waals surface area contributed by atoms with E-state index in [1.165, 1.54) is 6.07 Å². The second-order valence-corrected chi connectivity index (χ2v) is 9.74. The summed E-state index contributed by atoms with van der Waals surface area (Å²) in [7, 11) is 0. The number of nitrogens with one attached hydrogen (secondary N) is 3. The molecule has 1 aromatic carbocycles. The summed E-state index contributed by atoms with van der Waals surface area (Å²) in [5.41, 5.74) is 6.76. The van der Waals surface area contributed by atoms with E-state index in [4.69, 9.17) is 0 Å². The molecule has 5 rings (SSSR count). The van der Waals surface area contributed by atoms with Crippen LogP contribution in [-0.4, -0.2) is 90.4 Å². The van der Waals surface area contributed by atoms with Crippen molar-refractivity contribution < 1.29 is 18.8 Å². The van der Waals surface area contributed by atoms with E-state index < -0.39 is 5.82 Å². The first kappa shape index (κ1) is 23.0. The molecule has 184 valence electrons. The van der Waals surface area contributed by atoms with Gasteiger partial charge in [0.1, 0.15) is 5.82 Å². The van der Waals surface area contributed by atoms with Gasteiger partial charge >= 0.3 is 6.03 Å². The number of piperazine rings is 1. The number of hydrogen-bond donors (Lipinski definition) is 3. The van der Waals surface area contributed by atoms with Crippen LogP contribution in [0.1, 0.15) is 41.6 Å². The van der Waals surface area contributed by atoms with Crippen molar-refractivity contribution in [2.24, 2.45) is 5.92 Å². The van der Waals surface area contributed by atoms with Gasteiger partial charge in [0.25, 0.3) is 5.91 Å². The Morgan fingerprint density at radius 1 is 0.971 bits per heavy atom. The Balaban J connectivity index is 1.23. The molecule has 0 bridgehead atoms. The Morgan fingerprint density at radius 2 is 1.68 bits per heavy atom. The van der Waals surface area contributed by atoms with E-state index in [-0.39, 0.29) is 41.4 Å². The number of likely N-dealkylation sites (tertiary alicyclic amines) is 1. The normalized spacial score (nSPS) is 27.4. The topological polar surface area (TPSA) is 97.0 Å². The van der Waals surface area contributed by atoms with Gasteiger partial charge in [0.15, 0.2) is 0 Å². The maximum Gasteiger partial charge on any atom is 0.320 e. The monoisotopic (exact) mass is 472 g/mol. The van der Waals surface area contributed by atoms with E-state index in [2.05, 4.69) is 16.2 Å². The molecule has 4 aliphatic rings. The minimum atomic E-state index is -0.539. The van der Waals surface area contributed by atoms with E-state index in [9.17, 15) is 18.8 Å². The number of hydrazine groups is 1. The van der Waals surface area contributed by atoms with Gasteiger partial charge < -0.3 is 20.0 Å². The number of fused-ring (bicyclic) bond motifs is 1. The first-order chi connectivity index (χ1) is 16.5. The number of rotatable bonds is 3. The van der Waals surface area contributed by atoms with Crippen molar-refractivity contribution in [2.45, 2.75) is 44.2 Å². The molecule has 0 aliphatic carbocycles. The Labute approximate surface area is 199 Å². The van der Waals surface area contributed by atoms with Crippen LogP contribution in [-0.2, 0) is 11.2 Å². The zero-order valence-corrected chi connectivity index (χ0v) is 19.4. The highest BCUT2D eigenvalue weighted by molar-refractivity contribution is 5.95. The third-order valence-electron chi connectivity index (χ3n) is 7.59. The van der Waals surface area contributed by atoms with Gasteiger partial charge in [0.2, 0.25) is 5.91 Å². The third-order valence-corrected chi connectivity index (χ3v) is 7.59. The lowest BCUT2D eigenvalue weighted by molar-refractivity contribution is -0.131. The molecule has 3 N–H and O–H groups in total. The fraction of sp³-hybridized carbons (Fsp3) is 0.625. The lowest BCUT2D eigenvalue weighted by atomic mass is 9.82. The zero-order valence-electron chi connectivity index (χ0n) is 19.4. The molecule has 3 unspecified atom stereocenters. The van der Waals surface area contributed by atoms with E-state index in [1.807, 2.05) is 4.90 Å². The number of hydrogen-bond acceptors (Lipinski definition) is 5. The summed E-state index contributed by atoms with van der Waals surface area (Å²) in [6.07, 6.45) is 4.46. The number of urea groups is 1. The Bertz CT molecular complexity index is 945. The van der Waals surface area contributed by atoms with E-state index in [1.54, 1.807) is 21.9 Å². The summed E-state index contributed by atoms with van der Waals surface area (Å²) in [6.45, 7) is 4.18. The van der Waals surface area contributed by atoms with Crippen LogP contribution in [0.3, 0.4) is 0 Å². The van der Waals surface area contributed by atoms with Crippen LogP contribution < -0.4 is 16.2 Å². The minimum absolute atomic E-state index is 0.00535. The van der Waals surface area contributed by atoms with Gasteiger partial charge in [-0.25, -0.2) is 14.6 Å². The summed E-state index contributed by atoms with van der Waals surface area (Å²) >= 11 is 0. The Morgan fingerprint density at radius 3 is 2.44 bits per heavy atom. The molecule has 0 radical (unpaired) electrons. The molecule has 0 saturated carbocycles. The molecule has 0 spiro atoms. The van der Waals surface area contributed by atoms with Crippen molar-refractivity contribution in [1.29, 1.82) is 0 Å². The maximum absolute atomic E-state index is 14.7. The van der Waals surface area contributed by atoms with Crippen molar-refractivity contribution in [3.8, 4) is 0 Å². The SMILES string of the molecule is O=C1NNC(Cc2ccc(F)c(C(=O)N3CCN(C(=O)N4CCCC4)CC3)c2)C2NCCCC12. The fourth-order valence-corrected chi connectivity index (χ4v) is 5.65. The van der Waals surface area contributed by atoms with Gasteiger partial charge in [-0.1, -0.05) is 6.07 Å². The fourth-order valence-electron chi connectivity index (χ4n) is 5.65. The smallest absolute Gasteiger partial charge is 0.320 e. The number of piperidine rings is 1. The molecule has 4 aliphatic heterocycles. The summed E-state index contributed by atoms with van der Waals surface area (Å²) in [4.78, 5) is 43.2. The molecule has 10 heteroatoms. The first-order valence-electron chi connectivity index (χ1n) is 12.4. The van der Waals surface area contributed by atoms with Gasteiger partial charge in [0.05, 0.1) is 11.5 Å². The molecule has 9 nitrogen and oxygen atoms in total. The second kappa shape index (κ2) is 9.87. The molecule has 34 heavy (non-hydrogen) atoms. The second-order valence-electron chi connectivity index (χ2n) is 9.74. The van der Waals surface area contributed by atoms with Crippen LogP contribution in [0.4, 0.5) is 9.18 Å². The Hall–Kier alpha value is -2.72. The highest BCUT2D eigenvalue weighted by atomic mass is 19.1. The number of carbonyl (C=O) groups excluding carboxylic acids is 3. The largest absolute Gasteiger partial charge is 0.335 e. The third kappa shape index (κ3) is 4.61. The standard InChI is InChI=1S/C24H33FN6O3/c25-19-6-5-16(15-20-21-17(4-3-7-26-21)22(32)28-27-20)14-18(19)23(33)29-10-12-31(13-11-29)24(34)30-8-1-2-9-30/h5-6,14,17,20-21,26-27H,1-4,7-13,15H2,(H,28,32). The van der Waals surface area contributed by atoms with E-state index in [0.29, 0.717) is 32.6 Å². The summed E-state index contributed by atoms with van der Waals surface area (Å²) in [6, 6.07) is 4.69. The molecular weight excluding hydrogens is 439 g/mol. The van der Waals surface area contributed by atoms with Crippen molar-refractivity contribution in [3.05, 3.63) is 35.1 Å².